The highest BCUT2D eigenvalue weighted by molar-refractivity contribution is 7.89. The van der Waals surface area contributed by atoms with E-state index in [1.807, 2.05) is 24.3 Å². The SMILES string of the molecule is CN(c1ccc(S(=O)(=O)[O-])cc1)c1ccc2c(-c3ccccc3S(=O)(=O)N3CCC(C(=O)NCCOCCOCCOCCN=[N+]=[N-])CC3)c3ccc(=[N+](C)c4ccc(S(=O)(=O)O)cc4)cc-3oc2c1. The second kappa shape index (κ2) is 22.7. The van der Waals surface area contributed by atoms with Crippen LogP contribution in [0.1, 0.15) is 12.8 Å². The van der Waals surface area contributed by atoms with Crippen LogP contribution in [0.2, 0.25) is 0 Å². The first kappa shape index (κ1) is 51.6. The van der Waals surface area contributed by atoms with Crippen molar-refractivity contribution in [3.63, 3.8) is 0 Å². The third kappa shape index (κ3) is 12.4. The summed E-state index contributed by atoms with van der Waals surface area (Å²) < 4.78 is 123. The van der Waals surface area contributed by atoms with Gasteiger partial charge in [-0.1, -0.05) is 23.3 Å². The number of carbonyl (C=O) groups is 1. The zero-order chi connectivity index (χ0) is 50.1. The van der Waals surface area contributed by atoms with Gasteiger partial charge in [0.25, 0.3) is 10.1 Å². The first-order valence-electron chi connectivity index (χ1n) is 22.0. The Morgan fingerprint density at radius 2 is 1.46 bits per heavy atom. The highest BCUT2D eigenvalue weighted by Crippen LogP contribution is 2.44. The van der Waals surface area contributed by atoms with Gasteiger partial charge >= 0.3 is 0 Å². The van der Waals surface area contributed by atoms with E-state index >= 15 is 0 Å². The van der Waals surface area contributed by atoms with Gasteiger partial charge in [-0.3, -0.25) is 9.35 Å². The molecule has 0 atom stereocenters. The van der Waals surface area contributed by atoms with Crippen molar-refractivity contribution in [1.82, 2.24) is 14.2 Å². The van der Waals surface area contributed by atoms with Crippen molar-refractivity contribution < 1.29 is 57.8 Å². The van der Waals surface area contributed by atoms with Gasteiger partial charge in [-0.15, -0.1) is 0 Å². The number of carbonyl (C=O) groups excluding carboxylic acids is 1. The second-order valence-electron chi connectivity index (χ2n) is 16.1. The van der Waals surface area contributed by atoms with Crippen LogP contribution in [0.5, 0.6) is 0 Å². The smallest absolute Gasteiger partial charge is 0.294 e. The molecular weight excluding hydrogens is 967 g/mol. The predicted octanol–water partition coefficient (Wildman–Crippen LogP) is 5.73. The van der Waals surface area contributed by atoms with Crippen molar-refractivity contribution in [2.45, 2.75) is 27.5 Å². The number of rotatable bonds is 21. The molecule has 2 aliphatic heterocycles. The standard InChI is InChI=1S/C47H51N7O13S3/c1-52(34-7-13-38(14-8-34)69(58,59)60)36-11-17-40-43(31-36)67-44-32-37(53(2)35-9-15-39(16-10-35)70(61,62)63)12-18-41(44)46(40)42-5-3-4-6-45(42)68(56,57)54-23-19-33(20-24-54)47(55)49-21-25-64-27-29-66-30-28-65-26-22-50-51-48/h3-18,31-33H,19-30H2,1-2H3,(H2-,49,55,58,59,60,61,62,63). The van der Waals surface area contributed by atoms with Crippen LogP contribution in [-0.2, 0) is 49.3 Å². The van der Waals surface area contributed by atoms with Gasteiger partial charge in [0.05, 0.1) is 60.4 Å². The van der Waals surface area contributed by atoms with Crippen molar-refractivity contribution in [2.24, 2.45) is 11.0 Å². The van der Waals surface area contributed by atoms with Gasteiger partial charge in [-0.2, -0.15) is 17.3 Å². The molecule has 370 valence electrons. The molecule has 1 amide bonds. The van der Waals surface area contributed by atoms with E-state index in [4.69, 9.17) is 24.2 Å². The van der Waals surface area contributed by atoms with Crippen LogP contribution >= 0.6 is 0 Å². The number of sulfonamides is 1. The topological polar surface area (TPSA) is 274 Å². The summed E-state index contributed by atoms with van der Waals surface area (Å²) in [4.78, 5) is 17.0. The zero-order valence-electron chi connectivity index (χ0n) is 38.2. The zero-order valence-corrected chi connectivity index (χ0v) is 40.7. The molecule has 20 nitrogen and oxygen atoms in total. The molecule has 2 heterocycles. The molecule has 1 fully saturated rings. The monoisotopic (exact) mass is 1020 g/mol. The summed E-state index contributed by atoms with van der Waals surface area (Å²) >= 11 is 0. The lowest BCUT2D eigenvalue weighted by atomic mass is 9.93. The van der Waals surface area contributed by atoms with Crippen LogP contribution < -0.4 is 20.1 Å². The van der Waals surface area contributed by atoms with E-state index in [0.717, 1.165) is 0 Å². The van der Waals surface area contributed by atoms with E-state index in [-0.39, 0.29) is 53.4 Å². The summed E-state index contributed by atoms with van der Waals surface area (Å²) in [6.45, 7) is 2.72. The number of benzene rings is 5. The summed E-state index contributed by atoms with van der Waals surface area (Å²) in [5.74, 6) is -0.199. The van der Waals surface area contributed by atoms with E-state index < -0.39 is 36.2 Å². The van der Waals surface area contributed by atoms with E-state index in [1.54, 1.807) is 72.1 Å². The molecule has 4 aromatic rings. The van der Waals surface area contributed by atoms with Gasteiger partial charge in [0.1, 0.15) is 28.5 Å². The van der Waals surface area contributed by atoms with Crippen LogP contribution in [0, 0.1) is 5.92 Å². The number of hydrogen-bond donors (Lipinski definition) is 2. The average molecular weight is 1020 g/mol. The lowest BCUT2D eigenvalue weighted by Crippen LogP contribution is -2.43. The van der Waals surface area contributed by atoms with Crippen LogP contribution in [0.15, 0.2) is 133 Å². The minimum Gasteiger partial charge on any atom is -0.744 e. The number of piperidine rings is 1. The molecule has 0 bridgehead atoms. The first-order chi connectivity index (χ1) is 33.5. The van der Waals surface area contributed by atoms with Crippen LogP contribution in [0.4, 0.5) is 17.1 Å². The molecule has 0 unspecified atom stereocenters. The van der Waals surface area contributed by atoms with Crippen LogP contribution in [-0.4, -0.2) is 124 Å². The van der Waals surface area contributed by atoms with Crippen molar-refractivity contribution in [3.8, 4) is 22.5 Å². The molecule has 0 radical (unpaired) electrons. The Labute approximate surface area is 405 Å². The fourth-order valence-corrected chi connectivity index (χ4v) is 10.6. The Balaban J connectivity index is 1.13. The maximum absolute atomic E-state index is 14.7. The highest BCUT2D eigenvalue weighted by atomic mass is 32.2. The molecule has 0 aromatic heterocycles. The summed E-state index contributed by atoms with van der Waals surface area (Å²) in [7, 11) is -9.69. The number of nitrogens with zero attached hydrogens (tertiary/aromatic N) is 6. The van der Waals surface area contributed by atoms with Crippen LogP contribution in [0.3, 0.4) is 0 Å². The third-order valence-corrected chi connectivity index (χ3v) is 15.5. The molecule has 3 aliphatic rings. The Morgan fingerprint density at radius 3 is 2.11 bits per heavy atom. The Kier molecular flexibility index (Phi) is 16.7. The number of azide groups is 1. The molecule has 23 heteroatoms. The maximum atomic E-state index is 14.7. The fraction of sp³-hybridized carbons (Fsp3) is 0.319. The lowest BCUT2D eigenvalue weighted by Gasteiger charge is -2.31. The molecule has 1 aliphatic carbocycles. The third-order valence-electron chi connectivity index (χ3n) is 11.8. The van der Waals surface area contributed by atoms with Gasteiger partial charge in [0.15, 0.2) is 0 Å². The van der Waals surface area contributed by atoms with Crippen molar-refractivity contribution in [1.29, 1.82) is 0 Å². The summed E-state index contributed by atoms with van der Waals surface area (Å²) in [5, 5.41) is 7.48. The van der Waals surface area contributed by atoms with Crippen LogP contribution in [0.25, 0.3) is 43.9 Å². The Morgan fingerprint density at radius 1 is 0.829 bits per heavy atom. The number of ether oxygens (including phenoxy) is 3. The number of anilines is 2. The first-order valence-corrected chi connectivity index (χ1v) is 26.3. The van der Waals surface area contributed by atoms with Crippen molar-refractivity contribution in [2.75, 3.05) is 84.8 Å². The van der Waals surface area contributed by atoms with E-state index in [9.17, 15) is 39.2 Å². The minimum absolute atomic E-state index is 0.0559. The van der Waals surface area contributed by atoms with Gasteiger partial charge in [-0.25, -0.2) is 16.8 Å². The average Bonchev–Trinajstić information content (AvgIpc) is 3.35. The van der Waals surface area contributed by atoms with E-state index in [0.29, 0.717) is 102 Å². The number of nitrogens with one attached hydrogen (secondary N) is 1. The van der Waals surface area contributed by atoms with Gasteiger partial charge in [-0.05, 0) is 79.0 Å². The molecular formula is C47H51N7O13S3. The molecule has 0 saturated carbocycles. The second-order valence-corrected chi connectivity index (χ2v) is 20.8. The highest BCUT2D eigenvalue weighted by Gasteiger charge is 2.34. The lowest BCUT2D eigenvalue weighted by molar-refractivity contribution is -0.126. The number of hydrogen-bond acceptors (Lipinski definition) is 14. The quantitative estimate of drug-likeness (QED) is 0.0166. The molecule has 1 saturated heterocycles. The number of amides is 1. The molecule has 7 rings (SSSR count). The van der Waals surface area contributed by atoms with Gasteiger partial charge in [0.2, 0.25) is 27.0 Å². The predicted molar refractivity (Wildman–Crippen MR) is 259 cm³/mol. The molecule has 0 spiro atoms. The number of fused-ring (bicyclic) bond motifs is 2. The van der Waals surface area contributed by atoms with Gasteiger partial charge in [0, 0.05) is 102 Å². The van der Waals surface area contributed by atoms with Gasteiger partial charge < -0.3 is 33.4 Å². The Bertz CT molecular complexity index is 3260. The summed E-state index contributed by atoms with van der Waals surface area (Å²) in [5.41, 5.74) is 12.0. The normalized spacial score (nSPS) is 14.3. The van der Waals surface area contributed by atoms with Crippen molar-refractivity contribution in [3.05, 3.63) is 125 Å². The Hall–Kier alpha value is -6.24. The molecule has 70 heavy (non-hydrogen) atoms. The van der Waals surface area contributed by atoms with Crippen molar-refractivity contribution >= 4 is 64.2 Å². The molecule has 4 aromatic carbocycles. The van der Waals surface area contributed by atoms with E-state index in [2.05, 4.69) is 15.3 Å². The summed E-state index contributed by atoms with van der Waals surface area (Å²) in [6, 6.07) is 28.7. The largest absolute Gasteiger partial charge is 0.744 e. The van der Waals surface area contributed by atoms with E-state index in [1.165, 1.54) is 40.7 Å². The fourth-order valence-electron chi connectivity index (χ4n) is 8.03. The summed E-state index contributed by atoms with van der Waals surface area (Å²) in [6.07, 6.45) is 0.618. The minimum atomic E-state index is -4.66. The molecule has 2 N–H and O–H groups in total. The maximum Gasteiger partial charge on any atom is 0.294 e.